The van der Waals surface area contributed by atoms with Crippen LogP contribution in [-0.4, -0.2) is 24.8 Å². The Hall–Kier alpha value is -2.30. The van der Waals surface area contributed by atoms with E-state index in [1.165, 1.54) is 12.0 Å². The highest BCUT2D eigenvalue weighted by Gasteiger charge is 2.50. The fraction of sp³-hybridized carbons (Fsp3) is 0.474. The predicted molar refractivity (Wildman–Crippen MR) is 91.1 cm³/mol. The Kier molecular flexibility index (Phi) is 3.59. The monoisotopic (exact) mass is 326 g/mol. The number of benzene rings is 1. The fourth-order valence-corrected chi connectivity index (χ4v) is 3.94. The Balaban J connectivity index is 1.35. The highest BCUT2D eigenvalue weighted by Crippen LogP contribution is 2.58. The number of carbonyl (C=O) groups excluding carboxylic acids is 1. The number of para-hydroxylation sites is 2. The zero-order valence-electron chi connectivity index (χ0n) is 14.0. The van der Waals surface area contributed by atoms with Crippen LogP contribution >= 0.6 is 0 Å². The highest BCUT2D eigenvalue weighted by molar-refractivity contribution is 5.85. The molecule has 0 unspecified atom stereocenters. The number of allylic oxidation sites excluding steroid dienone is 2. The van der Waals surface area contributed by atoms with Gasteiger partial charge in [-0.05, 0) is 47.8 Å². The lowest BCUT2D eigenvalue weighted by atomic mass is 9.49. The number of fused-ring (bicyclic) bond motifs is 2. The lowest BCUT2D eigenvalue weighted by Crippen LogP contribution is -2.48. The van der Waals surface area contributed by atoms with Crippen LogP contribution in [0.4, 0.5) is 0 Å². The molecule has 126 valence electrons. The van der Waals surface area contributed by atoms with Crippen LogP contribution in [0.1, 0.15) is 26.7 Å². The van der Waals surface area contributed by atoms with Crippen LogP contribution in [-0.2, 0) is 4.79 Å². The number of hydrazone groups is 1. The molecule has 1 amide bonds. The largest absolute Gasteiger partial charge is 0.485 e. The molecule has 2 bridgehead atoms. The quantitative estimate of drug-likeness (QED) is 0.686. The summed E-state index contributed by atoms with van der Waals surface area (Å²) in [5.74, 6) is 2.31. The average molecular weight is 326 g/mol. The highest BCUT2D eigenvalue weighted by atomic mass is 16.6. The van der Waals surface area contributed by atoms with E-state index >= 15 is 0 Å². The molecule has 0 aromatic heterocycles. The number of hydrogen-bond donors (Lipinski definition) is 1. The van der Waals surface area contributed by atoms with Crippen LogP contribution in [0.2, 0.25) is 0 Å². The number of rotatable bonds is 3. The van der Waals surface area contributed by atoms with Gasteiger partial charge >= 0.3 is 0 Å². The van der Waals surface area contributed by atoms with Crippen molar-refractivity contribution in [2.45, 2.75) is 32.8 Å². The van der Waals surface area contributed by atoms with E-state index in [1.807, 2.05) is 18.2 Å². The summed E-state index contributed by atoms with van der Waals surface area (Å²) < 4.78 is 11.2. The number of nitrogens with zero attached hydrogens (tertiary/aromatic N) is 1. The maximum absolute atomic E-state index is 12.2. The minimum absolute atomic E-state index is 0.193. The summed E-state index contributed by atoms with van der Waals surface area (Å²) in [5.41, 5.74) is 4.16. The molecule has 0 radical (unpaired) electrons. The first-order chi connectivity index (χ1) is 11.6. The predicted octanol–water partition coefficient (Wildman–Crippen LogP) is 2.92. The second kappa shape index (κ2) is 5.65. The molecule has 0 saturated heterocycles. The minimum atomic E-state index is -0.679. The Morgan fingerprint density at radius 2 is 2.12 bits per heavy atom. The Morgan fingerprint density at radius 1 is 1.33 bits per heavy atom. The second-order valence-corrected chi connectivity index (χ2v) is 7.34. The zero-order chi connectivity index (χ0) is 16.7. The van der Waals surface area contributed by atoms with Gasteiger partial charge in [-0.3, -0.25) is 4.79 Å². The van der Waals surface area contributed by atoms with Crippen LogP contribution in [0.15, 0.2) is 41.0 Å². The first-order valence-corrected chi connectivity index (χ1v) is 8.47. The molecule has 24 heavy (non-hydrogen) atoms. The van der Waals surface area contributed by atoms with Gasteiger partial charge in [0.15, 0.2) is 11.5 Å². The molecule has 3 aliphatic carbocycles. The molecule has 5 rings (SSSR count). The lowest BCUT2D eigenvalue weighted by Gasteiger charge is -2.55. The summed E-state index contributed by atoms with van der Waals surface area (Å²) >= 11 is 0. The maximum atomic E-state index is 12.2. The molecule has 1 heterocycles. The molecule has 0 spiro atoms. The summed E-state index contributed by atoms with van der Waals surface area (Å²) in [4.78, 5) is 12.2. The number of hydrogen-bond acceptors (Lipinski definition) is 4. The molecule has 1 aromatic carbocycles. The van der Waals surface area contributed by atoms with Crippen molar-refractivity contribution in [3.05, 3.63) is 35.9 Å². The number of nitrogens with one attached hydrogen (secondary N) is 1. The van der Waals surface area contributed by atoms with Crippen LogP contribution in [0.25, 0.3) is 0 Å². The van der Waals surface area contributed by atoms with Crippen molar-refractivity contribution in [2.75, 3.05) is 6.61 Å². The van der Waals surface area contributed by atoms with Crippen LogP contribution in [0.3, 0.4) is 0 Å². The van der Waals surface area contributed by atoms with Gasteiger partial charge in [-0.1, -0.05) is 32.1 Å². The molecule has 5 nitrogen and oxygen atoms in total. The van der Waals surface area contributed by atoms with Gasteiger partial charge in [0, 0.05) is 0 Å². The van der Waals surface area contributed by atoms with E-state index in [-0.39, 0.29) is 12.5 Å². The van der Waals surface area contributed by atoms with Gasteiger partial charge in [0.2, 0.25) is 6.10 Å². The number of amides is 1. The Morgan fingerprint density at radius 3 is 2.88 bits per heavy atom. The summed E-state index contributed by atoms with van der Waals surface area (Å²) in [6, 6.07) is 7.34. The van der Waals surface area contributed by atoms with Crippen LogP contribution in [0.5, 0.6) is 11.5 Å². The topological polar surface area (TPSA) is 59.9 Å². The summed E-state index contributed by atoms with van der Waals surface area (Å²) in [6.07, 6.45) is 5.69. The van der Waals surface area contributed by atoms with Gasteiger partial charge in [-0.15, -0.1) is 0 Å². The zero-order valence-corrected chi connectivity index (χ0v) is 14.0. The van der Waals surface area contributed by atoms with E-state index in [9.17, 15) is 4.79 Å². The Bertz CT molecular complexity index is 723. The molecule has 4 aliphatic rings. The third kappa shape index (κ3) is 2.48. The molecule has 1 aliphatic heterocycles. The first kappa shape index (κ1) is 15.2. The third-order valence-electron chi connectivity index (χ3n) is 5.70. The first-order valence-electron chi connectivity index (χ1n) is 8.47. The van der Waals surface area contributed by atoms with Gasteiger partial charge in [0.25, 0.3) is 5.91 Å². The van der Waals surface area contributed by atoms with Gasteiger partial charge in [0.05, 0.1) is 6.21 Å². The molecule has 1 fully saturated rings. The van der Waals surface area contributed by atoms with Crippen LogP contribution < -0.4 is 14.9 Å². The van der Waals surface area contributed by atoms with Crippen LogP contribution in [0, 0.1) is 17.3 Å². The molecule has 1 saturated carbocycles. The van der Waals surface area contributed by atoms with Crippen molar-refractivity contribution in [3.8, 4) is 11.5 Å². The van der Waals surface area contributed by atoms with Crippen molar-refractivity contribution in [1.29, 1.82) is 0 Å². The lowest BCUT2D eigenvalue weighted by molar-refractivity contribution is -0.130. The third-order valence-corrected chi connectivity index (χ3v) is 5.70. The molecule has 1 N–H and O–H groups in total. The number of ether oxygens (including phenoxy) is 2. The van der Waals surface area contributed by atoms with E-state index in [0.717, 1.165) is 12.3 Å². The second-order valence-electron chi connectivity index (χ2n) is 7.34. The smallest absolute Gasteiger partial charge is 0.284 e. The molecular weight excluding hydrogens is 304 g/mol. The molecule has 5 heteroatoms. The van der Waals surface area contributed by atoms with E-state index < -0.39 is 6.10 Å². The van der Waals surface area contributed by atoms with Crippen molar-refractivity contribution < 1.29 is 14.3 Å². The molecular formula is C19H22N2O3. The van der Waals surface area contributed by atoms with Gasteiger partial charge in [-0.25, -0.2) is 5.43 Å². The van der Waals surface area contributed by atoms with E-state index in [2.05, 4.69) is 30.5 Å². The van der Waals surface area contributed by atoms with Crippen molar-refractivity contribution >= 4 is 12.1 Å². The van der Waals surface area contributed by atoms with Gasteiger partial charge in [0.1, 0.15) is 6.61 Å². The standard InChI is InChI=1S/C19H22N2O3/c1-19(2)13-8-7-12(14(19)9-13)10-20-21-18(22)17-11-23-15-5-3-4-6-16(15)24-17/h3-7,10,13-14,17H,8-9,11H2,1-2H3,(H,21,22)/b20-10-/t13-,14+,17+/m1/s1. The van der Waals surface area contributed by atoms with E-state index in [0.29, 0.717) is 22.8 Å². The fourth-order valence-electron chi connectivity index (χ4n) is 3.94. The molecule has 1 aromatic rings. The Labute approximate surface area is 141 Å². The summed E-state index contributed by atoms with van der Waals surface area (Å²) in [6.45, 7) is 4.82. The molecule has 3 atom stereocenters. The number of carbonyl (C=O) groups is 1. The summed E-state index contributed by atoms with van der Waals surface area (Å²) in [5, 5.41) is 4.14. The van der Waals surface area contributed by atoms with Gasteiger partial charge in [-0.2, -0.15) is 5.10 Å². The van der Waals surface area contributed by atoms with Crippen molar-refractivity contribution in [2.24, 2.45) is 22.4 Å². The summed E-state index contributed by atoms with van der Waals surface area (Å²) in [7, 11) is 0. The van der Waals surface area contributed by atoms with E-state index in [1.54, 1.807) is 12.3 Å². The minimum Gasteiger partial charge on any atom is -0.485 e. The van der Waals surface area contributed by atoms with Crippen molar-refractivity contribution in [1.82, 2.24) is 5.43 Å². The van der Waals surface area contributed by atoms with E-state index in [4.69, 9.17) is 9.47 Å². The SMILES string of the molecule is CC1(C)[C@@H]2CC=C(/C=N\NC(=O)[C@@H]3COc4ccccc4O3)[C@@H]1C2. The maximum Gasteiger partial charge on any atom is 0.284 e. The van der Waals surface area contributed by atoms with Crippen molar-refractivity contribution in [3.63, 3.8) is 0 Å². The average Bonchev–Trinajstić information content (AvgIpc) is 2.61. The van der Waals surface area contributed by atoms with Gasteiger partial charge < -0.3 is 9.47 Å². The normalized spacial score (nSPS) is 29.6.